The maximum Gasteiger partial charge on any atom is 0.430 e. The van der Waals surface area contributed by atoms with Gasteiger partial charge in [-0.3, -0.25) is 33.8 Å². The molecule has 0 radical (unpaired) electrons. The van der Waals surface area contributed by atoms with Crippen LogP contribution in [0.4, 0.5) is 28.0 Å². The molecule has 34 heteroatoms. The van der Waals surface area contributed by atoms with Crippen LogP contribution in [-0.2, 0) is 69.2 Å². The molecule has 2 aliphatic heterocycles. The van der Waals surface area contributed by atoms with Crippen molar-refractivity contribution in [3.05, 3.63) is 173 Å². The molecule has 0 unspecified atom stereocenters. The molecule has 3 atom stereocenters. The van der Waals surface area contributed by atoms with Gasteiger partial charge >= 0.3 is 18.2 Å². The first kappa shape index (κ1) is 86.3. The number of amides is 7. The minimum absolute atomic E-state index is 0.0149. The third-order valence-corrected chi connectivity index (χ3v) is 20.1. The predicted octanol–water partition coefficient (Wildman–Crippen LogP) is 8.38. The van der Waals surface area contributed by atoms with Gasteiger partial charge < -0.3 is 74.9 Å². The molecule has 0 spiro atoms. The van der Waals surface area contributed by atoms with E-state index in [2.05, 4.69) is 54.1 Å². The van der Waals surface area contributed by atoms with Gasteiger partial charge in [0.25, 0.3) is 11.8 Å². The van der Waals surface area contributed by atoms with E-state index in [0.717, 1.165) is 42.2 Å². The summed E-state index contributed by atoms with van der Waals surface area (Å²) in [5, 5.41) is 31.4. The Bertz CT molecular complexity index is 4830. The number of hydrogen-bond donors (Lipinski definition) is 6. The average molecular weight is 1610 g/mol. The maximum absolute atomic E-state index is 14.5. The van der Waals surface area contributed by atoms with E-state index in [1.54, 1.807) is 81.8 Å². The van der Waals surface area contributed by atoms with Crippen molar-refractivity contribution in [3.8, 4) is 68.4 Å². The highest BCUT2D eigenvalue weighted by molar-refractivity contribution is 7.22. The van der Waals surface area contributed by atoms with Crippen LogP contribution in [0.3, 0.4) is 0 Å². The fourth-order valence-electron chi connectivity index (χ4n) is 12.4. The largest absolute Gasteiger partial charge is 0.542 e. The van der Waals surface area contributed by atoms with Crippen LogP contribution in [0.5, 0.6) is 23.1 Å². The topological polar surface area (TPSA) is 367 Å². The lowest BCUT2D eigenvalue weighted by Crippen LogP contribution is -2.57. The van der Waals surface area contributed by atoms with Crippen molar-refractivity contribution in [2.75, 3.05) is 91.7 Å². The maximum atomic E-state index is 14.5. The number of para-hydroxylation sites is 2. The van der Waals surface area contributed by atoms with Crippen molar-refractivity contribution >= 4 is 86.3 Å². The standard InChI is InChI=1S/C78H84ClFN12O14S.C2HF3O2/c1-7-38-103-45-53-42-55(87-73(96)59(15-12-30-83-78(81)100)88-74(97)70(48(2)3)89-64(93)29-39-102-40-35-91-65(94)26-27-66(91)95)23-20-52(53)44-92(5)36-32-90(33-37-92)34-41-104-62-25-24-57(49(4)69(62)79)67-68-75(84-47-85-76(68)107-71(67)50-18-21-54(80)22-19-50)106-63(77(98)99)43-51-13-8-10-16-60(51)105-46-56-28-31-82-72(86-56)58-14-9-11-17-61(58)101-6;3-2(4,5)1(6)7/h1,8-11,13-14,16-28,31,42,47-48,59,63,70H,12,15,29-30,32-41,43-46H2,2-6H3,(H6-,81,83,87,88,89,93,96,97,98,99,100);(H,6,7)/t59-,63+,70-;/m0./s1. The Morgan fingerprint density at radius 3 is 2.21 bits per heavy atom. The summed E-state index contributed by atoms with van der Waals surface area (Å²) in [5.74, 6) is -3.13. The number of anilines is 1. The van der Waals surface area contributed by atoms with Gasteiger partial charge in [0.05, 0.1) is 75.3 Å². The molecule has 5 heterocycles. The molecule has 10 rings (SSSR count). The van der Waals surface area contributed by atoms with Crippen LogP contribution >= 0.6 is 22.9 Å². The van der Waals surface area contributed by atoms with E-state index in [1.807, 2.05) is 49.4 Å². The molecule has 8 aromatic rings. The third kappa shape index (κ3) is 23.9. The Kier molecular flexibility index (Phi) is 30.8. The number of piperazine rings is 1. The smallest absolute Gasteiger partial charge is 0.430 e. The molecule has 1 saturated heterocycles. The van der Waals surface area contributed by atoms with Gasteiger partial charge in [-0.2, -0.15) is 13.2 Å². The molecule has 7 amide bonds. The molecular formula is C80H85ClF4N12O16S. The number of ether oxygens (including phenoxy) is 6. The van der Waals surface area contributed by atoms with Crippen LogP contribution in [0.25, 0.3) is 43.2 Å². The zero-order valence-corrected chi connectivity index (χ0v) is 64.5. The minimum Gasteiger partial charge on any atom is -0.542 e. The predicted molar refractivity (Wildman–Crippen MR) is 412 cm³/mol. The summed E-state index contributed by atoms with van der Waals surface area (Å²) in [5.41, 5.74) is 12.0. The summed E-state index contributed by atoms with van der Waals surface area (Å²) in [6.07, 6.45) is 4.37. The van der Waals surface area contributed by atoms with Gasteiger partial charge in [-0.25, -0.2) is 33.9 Å². The normalized spacial score (nSPS) is 14.1. The lowest BCUT2D eigenvalue weighted by Gasteiger charge is -2.42. The van der Waals surface area contributed by atoms with Crippen molar-refractivity contribution in [1.29, 1.82) is 0 Å². The number of thiophene rings is 1. The second-order valence-corrected chi connectivity index (χ2v) is 28.4. The first-order chi connectivity index (χ1) is 54.5. The molecule has 3 aromatic heterocycles. The first-order valence-electron chi connectivity index (χ1n) is 36.1. The molecule has 1 fully saturated rings. The SMILES string of the molecule is C#CCOCc1cc(NC(=O)[C@H](CCCNC(N)=O)NC(=O)[C@@H](NC(=O)CCOCCN2C(=O)C=CC2=O)C(C)C)ccc1C[N+]1(C)CCN(CCOc2ccc(-c3c(-c4ccc(F)cc4)sc4ncnc(O[C@H](Cc5ccccc5OCc5ccnc(-c6ccccc6OC)n5)C(=O)O)c34)c(C)c2Cl)CC1.O=C([O-])C(F)(F)F. The molecular weight excluding hydrogens is 1530 g/mol. The Morgan fingerprint density at radius 2 is 1.53 bits per heavy atom. The molecule has 114 heavy (non-hydrogen) atoms. The number of aromatic nitrogens is 4. The number of nitrogens with zero attached hydrogens (tertiary/aromatic N) is 7. The highest BCUT2D eigenvalue weighted by Crippen LogP contribution is 2.50. The lowest BCUT2D eigenvalue weighted by molar-refractivity contribution is -0.926. The summed E-state index contributed by atoms with van der Waals surface area (Å²) in [6.45, 7) is 10.3. The molecule has 0 bridgehead atoms. The van der Waals surface area contributed by atoms with E-state index in [1.165, 1.54) is 41.9 Å². The van der Waals surface area contributed by atoms with E-state index >= 15 is 0 Å². The third-order valence-electron chi connectivity index (χ3n) is 18.5. The molecule has 0 aliphatic carbocycles. The fourth-order valence-corrected chi connectivity index (χ4v) is 13.8. The number of carboxylic acids is 2. The van der Waals surface area contributed by atoms with Gasteiger partial charge in [0.1, 0.15) is 78.6 Å². The van der Waals surface area contributed by atoms with Crippen LogP contribution in [0.2, 0.25) is 5.02 Å². The minimum atomic E-state index is -5.19. The first-order valence-corrected chi connectivity index (χ1v) is 37.3. The second kappa shape index (κ2) is 40.7. The van der Waals surface area contributed by atoms with E-state index in [-0.39, 0.29) is 77.7 Å². The monoisotopic (exact) mass is 1610 g/mol. The number of halogens is 5. The van der Waals surface area contributed by atoms with Crippen LogP contribution in [0, 0.1) is 31.0 Å². The zero-order valence-electron chi connectivity index (χ0n) is 62.9. The van der Waals surface area contributed by atoms with E-state index in [0.29, 0.717) is 112 Å². The number of fused-ring (bicyclic) bond motifs is 1. The number of carbonyl (C=O) groups excluding carboxylic acids is 7. The summed E-state index contributed by atoms with van der Waals surface area (Å²) in [4.78, 5) is 121. The van der Waals surface area contributed by atoms with Gasteiger partial charge in [-0.15, -0.1) is 17.8 Å². The molecule has 0 saturated carbocycles. The van der Waals surface area contributed by atoms with Gasteiger partial charge in [-0.05, 0) is 108 Å². The molecule has 5 aromatic carbocycles. The number of carboxylic acid groups (broad SMARTS) is 2. The van der Waals surface area contributed by atoms with Gasteiger partial charge in [0.15, 0.2) is 5.82 Å². The Labute approximate surface area is 662 Å². The van der Waals surface area contributed by atoms with Gasteiger partial charge in [-0.1, -0.05) is 86.0 Å². The number of likely N-dealkylation sites (N-methyl/N-ethyl adjacent to an activating group) is 1. The zero-order chi connectivity index (χ0) is 82.2. The highest BCUT2D eigenvalue weighted by Gasteiger charge is 2.34. The van der Waals surface area contributed by atoms with Gasteiger partial charge in [0.2, 0.25) is 29.7 Å². The number of nitrogens with two attached hydrogens (primary N) is 1. The Balaban J connectivity index is 0.00000203. The molecule has 7 N–H and O–H groups in total. The number of alkyl halides is 3. The van der Waals surface area contributed by atoms with Crippen molar-refractivity contribution < 1.29 is 99.0 Å². The Morgan fingerprint density at radius 1 is 0.816 bits per heavy atom. The number of quaternary nitrogens is 1. The summed E-state index contributed by atoms with van der Waals surface area (Å²) < 4.78 is 82.9. The number of rotatable bonds is 37. The molecule has 2 aliphatic rings. The summed E-state index contributed by atoms with van der Waals surface area (Å²) >= 11 is 8.59. The number of methoxy groups -OCH3 is 1. The number of benzene rings is 5. The van der Waals surface area contributed by atoms with E-state index in [9.17, 15) is 56.2 Å². The van der Waals surface area contributed by atoms with Crippen molar-refractivity contribution in [1.82, 2.24) is 45.7 Å². The van der Waals surface area contributed by atoms with Crippen molar-refractivity contribution in [2.45, 2.75) is 90.6 Å². The van der Waals surface area contributed by atoms with Crippen LogP contribution in [-0.4, -0.2) is 198 Å². The van der Waals surface area contributed by atoms with E-state index < -0.39 is 83.6 Å². The number of primary amides is 1. The second-order valence-electron chi connectivity index (χ2n) is 27.0. The quantitative estimate of drug-likeness (QED) is 0.00699. The Hall–Kier alpha value is -11.7. The lowest BCUT2D eigenvalue weighted by atomic mass is 9.96. The van der Waals surface area contributed by atoms with Gasteiger partial charge in [0, 0.05) is 79.1 Å². The number of nitrogens with one attached hydrogen (secondary N) is 4. The summed E-state index contributed by atoms with van der Waals surface area (Å²) in [6, 6.07) is 28.7. The van der Waals surface area contributed by atoms with Crippen LogP contribution < -0.4 is 51.1 Å². The number of imide groups is 1. The number of urea groups is 1. The molecule has 602 valence electrons. The number of terminal acetylenes is 1. The number of hydrogen-bond acceptors (Lipinski definition) is 21. The van der Waals surface area contributed by atoms with Crippen LogP contribution in [0.15, 0.2) is 134 Å². The summed E-state index contributed by atoms with van der Waals surface area (Å²) in [7, 11) is 3.77. The van der Waals surface area contributed by atoms with E-state index in [4.69, 9.17) is 67.1 Å². The number of carbonyl (C=O) groups is 8. The number of aliphatic carboxylic acids is 2. The van der Waals surface area contributed by atoms with Crippen LogP contribution in [0.1, 0.15) is 61.1 Å². The average Bonchev–Trinajstić information content (AvgIpc) is 1.58. The highest BCUT2D eigenvalue weighted by atomic mass is 35.5. The fraction of sp³-hybridized carbons (Fsp3) is 0.350. The van der Waals surface area contributed by atoms with Crippen molar-refractivity contribution in [3.63, 3.8) is 0 Å². The van der Waals surface area contributed by atoms with Crippen molar-refractivity contribution in [2.24, 2.45) is 11.7 Å². The molecule has 28 nitrogen and oxygen atoms in total.